The number of carbonyl (C=O) groups is 1. The smallest absolute Gasteiger partial charge is 0.262 e. The minimum atomic E-state index is -0.281. The molecule has 2 aromatic rings. The maximum absolute atomic E-state index is 12.7. The maximum Gasteiger partial charge on any atom is 0.262 e. The number of carbonyl (C=O) groups excluding carboxylic acids is 1. The van der Waals surface area contributed by atoms with E-state index in [1.807, 2.05) is 18.5 Å². The second-order valence-electron chi connectivity index (χ2n) is 8.24. The maximum atomic E-state index is 12.7. The molecule has 5 heteroatoms. The summed E-state index contributed by atoms with van der Waals surface area (Å²) in [6.07, 6.45) is 6.14. The number of nitrogens with zero attached hydrogens (tertiary/aromatic N) is 3. The number of aryl methyl sites for hydroxylation is 2. The molecule has 1 N–H and O–H groups in total. The van der Waals surface area contributed by atoms with Crippen molar-refractivity contribution in [1.29, 1.82) is 5.26 Å². The van der Waals surface area contributed by atoms with Crippen LogP contribution in [-0.2, 0) is 11.3 Å². The van der Waals surface area contributed by atoms with Gasteiger partial charge in [0.1, 0.15) is 11.6 Å². The molecule has 5 nitrogen and oxygen atoms in total. The first-order valence-corrected chi connectivity index (χ1v) is 10.4. The van der Waals surface area contributed by atoms with E-state index in [1.54, 1.807) is 6.08 Å². The van der Waals surface area contributed by atoms with E-state index >= 15 is 0 Å². The van der Waals surface area contributed by atoms with Crippen LogP contribution < -0.4 is 5.32 Å². The van der Waals surface area contributed by atoms with E-state index in [0.717, 1.165) is 36.2 Å². The zero-order chi connectivity index (χ0) is 21.0. The fraction of sp³-hybridized carbons (Fsp3) is 0.458. The van der Waals surface area contributed by atoms with Gasteiger partial charge in [0.25, 0.3) is 5.91 Å². The average Bonchev–Trinajstić information content (AvgIpc) is 2.96. The topological polar surface area (TPSA) is 70.7 Å². The molecule has 0 spiro atoms. The molecule has 0 aliphatic heterocycles. The Balaban J connectivity index is 1.80. The van der Waals surface area contributed by atoms with E-state index in [-0.39, 0.29) is 17.5 Å². The van der Waals surface area contributed by atoms with Crippen molar-refractivity contribution in [2.24, 2.45) is 5.92 Å². The number of amides is 1. The molecule has 152 valence electrons. The standard InChI is InChI=1S/C24H30N4O/c1-16-9-11-20(12-10-16)15-28-19(4)22(18(3)27-28)13-21(14-25)24(29)26-23-8-6-5-7-17(23)2/h9-13,17,23H,5-8,15H2,1-4H3,(H,26,29)/b21-13+. The van der Waals surface area contributed by atoms with Crippen LogP contribution in [0.1, 0.15) is 60.7 Å². The van der Waals surface area contributed by atoms with Crippen LogP contribution in [-0.4, -0.2) is 21.7 Å². The number of aromatic nitrogens is 2. The highest BCUT2D eigenvalue weighted by Gasteiger charge is 2.24. The molecule has 0 bridgehead atoms. The highest BCUT2D eigenvalue weighted by atomic mass is 16.1. The summed E-state index contributed by atoms with van der Waals surface area (Å²) in [5.74, 6) is 0.171. The lowest BCUT2D eigenvalue weighted by atomic mass is 9.86. The van der Waals surface area contributed by atoms with E-state index < -0.39 is 0 Å². The molecular formula is C24H30N4O. The number of hydrogen-bond acceptors (Lipinski definition) is 3. The van der Waals surface area contributed by atoms with E-state index in [1.165, 1.54) is 17.5 Å². The van der Waals surface area contributed by atoms with Crippen LogP contribution in [0.4, 0.5) is 0 Å². The molecule has 1 amide bonds. The van der Waals surface area contributed by atoms with Crippen molar-refractivity contribution in [1.82, 2.24) is 15.1 Å². The molecule has 0 saturated heterocycles. The van der Waals surface area contributed by atoms with Crippen LogP contribution in [0.3, 0.4) is 0 Å². The van der Waals surface area contributed by atoms with Crippen molar-refractivity contribution in [3.05, 3.63) is 57.9 Å². The zero-order valence-electron chi connectivity index (χ0n) is 17.8. The minimum Gasteiger partial charge on any atom is -0.348 e. The van der Waals surface area contributed by atoms with Gasteiger partial charge in [0.2, 0.25) is 0 Å². The first-order chi connectivity index (χ1) is 13.9. The van der Waals surface area contributed by atoms with Gasteiger partial charge in [-0.1, -0.05) is 49.6 Å². The number of nitriles is 1. The Kier molecular flexibility index (Phi) is 6.53. The van der Waals surface area contributed by atoms with Crippen LogP contribution in [0, 0.1) is 38.0 Å². The van der Waals surface area contributed by atoms with Crippen molar-refractivity contribution < 1.29 is 4.79 Å². The van der Waals surface area contributed by atoms with Crippen molar-refractivity contribution >= 4 is 12.0 Å². The fourth-order valence-electron chi connectivity index (χ4n) is 4.01. The predicted molar refractivity (Wildman–Crippen MR) is 115 cm³/mol. The summed E-state index contributed by atoms with van der Waals surface area (Å²) in [5.41, 5.74) is 5.16. The van der Waals surface area contributed by atoms with Crippen molar-refractivity contribution in [2.75, 3.05) is 0 Å². The third kappa shape index (κ3) is 4.95. The van der Waals surface area contributed by atoms with E-state index in [4.69, 9.17) is 0 Å². The Hall–Kier alpha value is -2.87. The number of nitrogens with one attached hydrogen (secondary N) is 1. The fourth-order valence-corrected chi connectivity index (χ4v) is 4.01. The lowest BCUT2D eigenvalue weighted by molar-refractivity contribution is -0.118. The molecule has 0 radical (unpaired) electrons. The van der Waals surface area contributed by atoms with Gasteiger partial charge in [-0.2, -0.15) is 10.4 Å². The Bertz CT molecular complexity index is 946. The van der Waals surface area contributed by atoms with Crippen LogP contribution in [0.2, 0.25) is 0 Å². The number of hydrogen-bond donors (Lipinski definition) is 1. The molecule has 29 heavy (non-hydrogen) atoms. The lowest BCUT2D eigenvalue weighted by Crippen LogP contribution is -2.41. The van der Waals surface area contributed by atoms with Gasteiger partial charge in [0.05, 0.1) is 12.2 Å². The van der Waals surface area contributed by atoms with Gasteiger partial charge in [-0.15, -0.1) is 0 Å². The van der Waals surface area contributed by atoms with Crippen LogP contribution in [0.15, 0.2) is 29.8 Å². The second kappa shape index (κ2) is 9.09. The molecule has 1 aliphatic carbocycles. The molecule has 1 aliphatic rings. The van der Waals surface area contributed by atoms with Crippen molar-refractivity contribution in [3.63, 3.8) is 0 Å². The first-order valence-electron chi connectivity index (χ1n) is 10.4. The Labute approximate surface area is 173 Å². The van der Waals surface area contributed by atoms with Crippen LogP contribution >= 0.6 is 0 Å². The molecule has 2 unspecified atom stereocenters. The summed E-state index contributed by atoms with van der Waals surface area (Å²) in [6.45, 7) is 8.80. The van der Waals surface area contributed by atoms with Gasteiger partial charge in [-0.25, -0.2) is 0 Å². The van der Waals surface area contributed by atoms with Gasteiger partial charge >= 0.3 is 0 Å². The van der Waals surface area contributed by atoms with Gasteiger partial charge in [-0.3, -0.25) is 9.48 Å². The second-order valence-corrected chi connectivity index (χ2v) is 8.24. The summed E-state index contributed by atoms with van der Waals surface area (Å²) in [5, 5.41) is 17.3. The number of benzene rings is 1. The molecule has 2 atom stereocenters. The van der Waals surface area contributed by atoms with Gasteiger partial charge in [0, 0.05) is 17.3 Å². The highest BCUT2D eigenvalue weighted by molar-refractivity contribution is 6.02. The van der Waals surface area contributed by atoms with Crippen LogP contribution in [0.5, 0.6) is 0 Å². The molecule has 1 aromatic heterocycles. The highest BCUT2D eigenvalue weighted by Crippen LogP contribution is 2.24. The number of rotatable bonds is 5. The van der Waals surface area contributed by atoms with E-state index in [9.17, 15) is 10.1 Å². The SMILES string of the molecule is Cc1ccc(Cn2nc(C)c(/C=C(\C#N)C(=O)NC3CCCCC3C)c2C)cc1. The molecule has 1 saturated carbocycles. The molecular weight excluding hydrogens is 360 g/mol. The van der Waals surface area contributed by atoms with Gasteiger partial charge in [0.15, 0.2) is 0 Å². The van der Waals surface area contributed by atoms with Crippen LogP contribution in [0.25, 0.3) is 6.08 Å². The molecule has 3 rings (SSSR count). The third-order valence-corrected chi connectivity index (χ3v) is 5.97. The molecule has 1 heterocycles. The van der Waals surface area contributed by atoms with Crippen molar-refractivity contribution in [2.45, 2.75) is 66.0 Å². The summed E-state index contributed by atoms with van der Waals surface area (Å²) >= 11 is 0. The molecule has 1 fully saturated rings. The summed E-state index contributed by atoms with van der Waals surface area (Å²) in [7, 11) is 0. The van der Waals surface area contributed by atoms with E-state index in [0.29, 0.717) is 12.5 Å². The first kappa shape index (κ1) is 20.9. The summed E-state index contributed by atoms with van der Waals surface area (Å²) in [4.78, 5) is 12.7. The Morgan fingerprint density at radius 1 is 1.24 bits per heavy atom. The third-order valence-electron chi connectivity index (χ3n) is 5.97. The Morgan fingerprint density at radius 2 is 1.93 bits per heavy atom. The monoisotopic (exact) mass is 390 g/mol. The van der Waals surface area contributed by atoms with Gasteiger partial charge in [-0.05, 0) is 51.2 Å². The minimum absolute atomic E-state index is 0.142. The van der Waals surface area contributed by atoms with E-state index in [2.05, 4.69) is 54.6 Å². The zero-order valence-corrected chi connectivity index (χ0v) is 17.8. The lowest BCUT2D eigenvalue weighted by Gasteiger charge is -2.29. The largest absolute Gasteiger partial charge is 0.348 e. The predicted octanol–water partition coefficient (Wildman–Crippen LogP) is 4.46. The normalized spacial score (nSPS) is 19.6. The quantitative estimate of drug-likeness (QED) is 0.605. The summed E-state index contributed by atoms with van der Waals surface area (Å²) in [6, 6.07) is 10.6. The summed E-state index contributed by atoms with van der Waals surface area (Å²) < 4.78 is 1.93. The Morgan fingerprint density at radius 3 is 2.59 bits per heavy atom. The van der Waals surface area contributed by atoms with Crippen molar-refractivity contribution in [3.8, 4) is 6.07 Å². The average molecular weight is 391 g/mol. The molecule has 1 aromatic carbocycles. The van der Waals surface area contributed by atoms with Gasteiger partial charge < -0.3 is 5.32 Å².